The molecule has 0 bridgehead atoms. The molecule has 1 aliphatic heterocycles. The van der Waals surface area contributed by atoms with Crippen molar-refractivity contribution < 1.29 is 0 Å². The third-order valence-corrected chi connectivity index (χ3v) is 2.52. The normalized spacial score (nSPS) is 15.3. The predicted molar refractivity (Wildman–Crippen MR) is 57.2 cm³/mol. The highest BCUT2D eigenvalue weighted by atomic mass is 15.2. The summed E-state index contributed by atoms with van der Waals surface area (Å²) in [4.78, 5) is 2.30. The molecule has 3 nitrogen and oxygen atoms in total. The standard InChI is InChI=1S/C10H15N3/c1-12-8-3-4-9(11)10(7-8)13-5-2-6-13/h3-4,7,12H,2,5-6,11H2,1H3. The van der Waals surface area contributed by atoms with Crippen molar-refractivity contribution in [2.45, 2.75) is 6.42 Å². The summed E-state index contributed by atoms with van der Waals surface area (Å²) in [6.07, 6.45) is 1.28. The number of hydrogen-bond acceptors (Lipinski definition) is 3. The van der Waals surface area contributed by atoms with E-state index in [1.54, 1.807) is 0 Å². The number of nitrogens with two attached hydrogens (primary N) is 1. The molecule has 1 heterocycles. The van der Waals surface area contributed by atoms with Crippen LogP contribution in [0.5, 0.6) is 0 Å². The molecule has 1 aromatic rings. The average molecular weight is 177 g/mol. The van der Waals surface area contributed by atoms with Crippen LogP contribution >= 0.6 is 0 Å². The molecule has 0 amide bonds. The van der Waals surface area contributed by atoms with Crippen molar-refractivity contribution >= 4 is 17.1 Å². The first-order valence-electron chi connectivity index (χ1n) is 4.63. The van der Waals surface area contributed by atoms with Gasteiger partial charge in [0.2, 0.25) is 0 Å². The van der Waals surface area contributed by atoms with Crippen LogP contribution < -0.4 is 16.0 Å². The van der Waals surface area contributed by atoms with Crippen LogP contribution in [0.4, 0.5) is 17.1 Å². The van der Waals surface area contributed by atoms with Crippen LogP contribution in [0.25, 0.3) is 0 Å². The molecule has 3 heteroatoms. The summed E-state index contributed by atoms with van der Waals surface area (Å²) in [6, 6.07) is 6.06. The van der Waals surface area contributed by atoms with E-state index in [9.17, 15) is 0 Å². The summed E-state index contributed by atoms with van der Waals surface area (Å²) in [5.74, 6) is 0. The van der Waals surface area contributed by atoms with Crippen molar-refractivity contribution in [2.24, 2.45) is 0 Å². The molecule has 0 spiro atoms. The van der Waals surface area contributed by atoms with Gasteiger partial charge in [-0.15, -0.1) is 0 Å². The maximum atomic E-state index is 5.89. The summed E-state index contributed by atoms with van der Waals surface area (Å²) in [5.41, 5.74) is 9.05. The van der Waals surface area contributed by atoms with Gasteiger partial charge in [-0.25, -0.2) is 0 Å². The monoisotopic (exact) mass is 177 g/mol. The van der Waals surface area contributed by atoms with Crippen LogP contribution in [0.15, 0.2) is 18.2 Å². The highest BCUT2D eigenvalue weighted by molar-refractivity contribution is 5.73. The average Bonchev–Trinajstić information content (AvgIpc) is 2.06. The van der Waals surface area contributed by atoms with Gasteiger partial charge < -0.3 is 16.0 Å². The van der Waals surface area contributed by atoms with E-state index in [0.717, 1.165) is 30.2 Å². The molecule has 0 aromatic heterocycles. The van der Waals surface area contributed by atoms with E-state index >= 15 is 0 Å². The number of hydrogen-bond donors (Lipinski definition) is 2. The Morgan fingerprint density at radius 3 is 2.69 bits per heavy atom. The molecule has 3 N–H and O–H groups in total. The van der Waals surface area contributed by atoms with Crippen LogP contribution in [-0.2, 0) is 0 Å². The Bertz CT molecular complexity index is 305. The second kappa shape index (κ2) is 3.17. The third kappa shape index (κ3) is 1.41. The number of anilines is 3. The lowest BCUT2D eigenvalue weighted by Crippen LogP contribution is -2.37. The second-order valence-electron chi connectivity index (χ2n) is 3.36. The minimum atomic E-state index is 0.874. The van der Waals surface area contributed by atoms with Gasteiger partial charge in [-0.3, -0.25) is 0 Å². The molecule has 1 saturated heterocycles. The SMILES string of the molecule is CNc1ccc(N)c(N2CCC2)c1. The fourth-order valence-electron chi connectivity index (χ4n) is 1.53. The molecule has 1 aliphatic rings. The van der Waals surface area contributed by atoms with Crippen LogP contribution in [-0.4, -0.2) is 20.1 Å². The van der Waals surface area contributed by atoms with Crippen molar-refractivity contribution in [3.05, 3.63) is 18.2 Å². The largest absolute Gasteiger partial charge is 0.397 e. The Kier molecular flexibility index (Phi) is 2.00. The quantitative estimate of drug-likeness (QED) is 0.673. The van der Waals surface area contributed by atoms with Crippen LogP contribution in [0.2, 0.25) is 0 Å². The molecular weight excluding hydrogens is 162 g/mol. The van der Waals surface area contributed by atoms with Gasteiger partial charge in [0, 0.05) is 25.8 Å². The summed E-state index contributed by atoms with van der Waals surface area (Å²) in [6.45, 7) is 2.27. The van der Waals surface area contributed by atoms with E-state index in [1.807, 2.05) is 19.2 Å². The Morgan fingerprint density at radius 2 is 2.15 bits per heavy atom. The summed E-state index contributed by atoms with van der Waals surface area (Å²) < 4.78 is 0. The van der Waals surface area contributed by atoms with E-state index in [-0.39, 0.29) is 0 Å². The lowest BCUT2D eigenvalue weighted by molar-refractivity contribution is 0.619. The Hall–Kier alpha value is -1.38. The minimum Gasteiger partial charge on any atom is -0.397 e. The fraction of sp³-hybridized carbons (Fsp3) is 0.400. The van der Waals surface area contributed by atoms with E-state index < -0.39 is 0 Å². The zero-order valence-electron chi connectivity index (χ0n) is 7.88. The fourth-order valence-corrected chi connectivity index (χ4v) is 1.53. The van der Waals surface area contributed by atoms with Gasteiger partial charge in [0.15, 0.2) is 0 Å². The topological polar surface area (TPSA) is 41.3 Å². The number of nitrogens with one attached hydrogen (secondary N) is 1. The summed E-state index contributed by atoms with van der Waals surface area (Å²) in [7, 11) is 1.92. The number of rotatable bonds is 2. The number of nitrogen functional groups attached to an aromatic ring is 1. The van der Waals surface area contributed by atoms with Crippen molar-refractivity contribution in [2.75, 3.05) is 36.1 Å². The maximum Gasteiger partial charge on any atom is 0.0620 e. The van der Waals surface area contributed by atoms with Crippen LogP contribution in [0.3, 0.4) is 0 Å². The Labute approximate surface area is 78.5 Å². The second-order valence-corrected chi connectivity index (χ2v) is 3.36. The van der Waals surface area contributed by atoms with E-state index in [4.69, 9.17) is 5.73 Å². The van der Waals surface area contributed by atoms with Crippen molar-refractivity contribution in [3.8, 4) is 0 Å². The molecule has 0 atom stereocenters. The molecule has 0 saturated carbocycles. The van der Waals surface area contributed by atoms with Gasteiger partial charge in [-0.2, -0.15) is 0 Å². The molecule has 1 fully saturated rings. The molecule has 2 rings (SSSR count). The highest BCUT2D eigenvalue weighted by Crippen LogP contribution is 2.29. The van der Waals surface area contributed by atoms with Gasteiger partial charge in [-0.1, -0.05) is 0 Å². The van der Waals surface area contributed by atoms with E-state index in [2.05, 4.69) is 16.3 Å². The van der Waals surface area contributed by atoms with Crippen molar-refractivity contribution in [1.82, 2.24) is 0 Å². The van der Waals surface area contributed by atoms with Crippen molar-refractivity contribution in [3.63, 3.8) is 0 Å². The van der Waals surface area contributed by atoms with Gasteiger partial charge >= 0.3 is 0 Å². The predicted octanol–water partition coefficient (Wildman–Crippen LogP) is 1.52. The van der Waals surface area contributed by atoms with E-state index in [1.165, 1.54) is 6.42 Å². The molecule has 0 radical (unpaired) electrons. The van der Waals surface area contributed by atoms with Gasteiger partial charge in [0.05, 0.1) is 11.4 Å². The zero-order valence-corrected chi connectivity index (χ0v) is 7.88. The molecule has 70 valence electrons. The molecule has 0 unspecified atom stereocenters. The van der Waals surface area contributed by atoms with Gasteiger partial charge in [-0.05, 0) is 24.6 Å². The zero-order chi connectivity index (χ0) is 9.26. The Balaban J connectivity index is 2.30. The van der Waals surface area contributed by atoms with Crippen LogP contribution in [0.1, 0.15) is 6.42 Å². The van der Waals surface area contributed by atoms with Crippen molar-refractivity contribution in [1.29, 1.82) is 0 Å². The first kappa shape index (κ1) is 8.23. The number of nitrogens with zero attached hydrogens (tertiary/aromatic N) is 1. The van der Waals surface area contributed by atoms with Gasteiger partial charge in [0.1, 0.15) is 0 Å². The maximum absolute atomic E-state index is 5.89. The molecule has 1 aromatic carbocycles. The third-order valence-electron chi connectivity index (χ3n) is 2.52. The Morgan fingerprint density at radius 1 is 1.38 bits per heavy atom. The smallest absolute Gasteiger partial charge is 0.0620 e. The number of benzene rings is 1. The first-order valence-corrected chi connectivity index (χ1v) is 4.63. The first-order chi connectivity index (χ1) is 6.31. The van der Waals surface area contributed by atoms with E-state index in [0.29, 0.717) is 0 Å². The molecular formula is C10H15N3. The summed E-state index contributed by atoms with van der Waals surface area (Å²) >= 11 is 0. The highest BCUT2D eigenvalue weighted by Gasteiger charge is 2.16. The lowest BCUT2D eigenvalue weighted by Gasteiger charge is -2.34. The molecule has 0 aliphatic carbocycles. The molecule has 13 heavy (non-hydrogen) atoms. The summed E-state index contributed by atoms with van der Waals surface area (Å²) in [5, 5.41) is 3.12. The van der Waals surface area contributed by atoms with Crippen LogP contribution in [0, 0.1) is 0 Å². The lowest BCUT2D eigenvalue weighted by atomic mass is 10.1. The minimum absolute atomic E-state index is 0.874. The van der Waals surface area contributed by atoms with Gasteiger partial charge in [0.25, 0.3) is 0 Å².